The zero-order valence-corrected chi connectivity index (χ0v) is 13.9. The molecule has 2 rings (SSSR count). The van der Waals surface area contributed by atoms with E-state index in [4.69, 9.17) is 0 Å². The van der Waals surface area contributed by atoms with Crippen molar-refractivity contribution in [1.29, 1.82) is 0 Å². The normalized spacial score (nSPS) is 23.6. The van der Waals surface area contributed by atoms with Crippen molar-refractivity contribution in [1.82, 2.24) is 5.32 Å². The van der Waals surface area contributed by atoms with Gasteiger partial charge in [0.25, 0.3) is 0 Å². The zero-order valence-electron chi connectivity index (χ0n) is 12.3. The van der Waals surface area contributed by atoms with Crippen LogP contribution in [0.4, 0.5) is 4.39 Å². The Labute approximate surface area is 130 Å². The Morgan fingerprint density at radius 1 is 1.20 bits per heavy atom. The average Bonchev–Trinajstić information content (AvgIpc) is 2.66. The van der Waals surface area contributed by atoms with Crippen LogP contribution in [0.3, 0.4) is 0 Å². The van der Waals surface area contributed by atoms with Gasteiger partial charge in [-0.2, -0.15) is 0 Å². The number of halogens is 2. The van der Waals surface area contributed by atoms with E-state index in [-0.39, 0.29) is 5.82 Å². The van der Waals surface area contributed by atoms with Gasteiger partial charge in [-0.1, -0.05) is 42.1 Å². The quantitative estimate of drug-likeness (QED) is 0.748. The third-order valence-corrected chi connectivity index (χ3v) is 4.96. The lowest BCUT2D eigenvalue weighted by Gasteiger charge is -2.25. The maximum atomic E-state index is 14.0. The second kappa shape index (κ2) is 8.14. The maximum Gasteiger partial charge on any atom is 0.126 e. The molecule has 1 aliphatic rings. The molecule has 0 aromatic heterocycles. The number of nitrogens with one attached hydrogen (secondary N) is 1. The van der Waals surface area contributed by atoms with Crippen molar-refractivity contribution in [2.24, 2.45) is 11.8 Å². The van der Waals surface area contributed by atoms with E-state index in [1.165, 1.54) is 32.1 Å². The van der Waals surface area contributed by atoms with E-state index in [0.717, 1.165) is 29.5 Å². The van der Waals surface area contributed by atoms with Crippen LogP contribution in [-0.4, -0.2) is 13.1 Å². The van der Waals surface area contributed by atoms with E-state index in [9.17, 15) is 4.39 Å². The SMILES string of the molecule is CCNCC1CCCCCC1Cc1cc(Br)ccc1F. The molecule has 112 valence electrons. The van der Waals surface area contributed by atoms with Crippen molar-refractivity contribution >= 4 is 15.9 Å². The molecule has 2 atom stereocenters. The molecule has 0 amide bonds. The van der Waals surface area contributed by atoms with Crippen molar-refractivity contribution in [2.75, 3.05) is 13.1 Å². The van der Waals surface area contributed by atoms with Gasteiger partial charge in [0.1, 0.15) is 5.82 Å². The fourth-order valence-electron chi connectivity index (χ4n) is 3.31. The highest BCUT2D eigenvalue weighted by Gasteiger charge is 2.24. The van der Waals surface area contributed by atoms with Crippen LogP contribution in [0.25, 0.3) is 0 Å². The second-order valence-electron chi connectivity index (χ2n) is 5.91. The maximum absolute atomic E-state index is 14.0. The minimum Gasteiger partial charge on any atom is -0.317 e. The molecule has 2 unspecified atom stereocenters. The predicted octanol–water partition coefficient (Wildman–Crippen LogP) is 4.94. The monoisotopic (exact) mass is 341 g/mol. The van der Waals surface area contributed by atoms with E-state index in [1.807, 2.05) is 6.07 Å². The van der Waals surface area contributed by atoms with Gasteiger partial charge in [0.05, 0.1) is 0 Å². The number of hydrogen-bond donors (Lipinski definition) is 1. The van der Waals surface area contributed by atoms with Gasteiger partial charge in [-0.25, -0.2) is 4.39 Å². The first-order chi connectivity index (χ1) is 9.70. The van der Waals surface area contributed by atoms with E-state index < -0.39 is 0 Å². The molecule has 3 heteroatoms. The summed E-state index contributed by atoms with van der Waals surface area (Å²) in [7, 11) is 0. The van der Waals surface area contributed by atoms with Crippen molar-refractivity contribution in [3.05, 3.63) is 34.1 Å². The number of benzene rings is 1. The summed E-state index contributed by atoms with van der Waals surface area (Å²) in [4.78, 5) is 0. The molecule has 0 radical (unpaired) electrons. The minimum atomic E-state index is -0.0559. The van der Waals surface area contributed by atoms with Crippen LogP contribution >= 0.6 is 15.9 Å². The van der Waals surface area contributed by atoms with Gasteiger partial charge in [0.15, 0.2) is 0 Å². The van der Waals surface area contributed by atoms with Gasteiger partial charge in [-0.05, 0) is 68.0 Å². The van der Waals surface area contributed by atoms with Crippen molar-refractivity contribution in [2.45, 2.75) is 45.4 Å². The van der Waals surface area contributed by atoms with Gasteiger partial charge in [0, 0.05) is 4.47 Å². The van der Waals surface area contributed by atoms with Gasteiger partial charge in [0.2, 0.25) is 0 Å². The van der Waals surface area contributed by atoms with Gasteiger partial charge in [-0.15, -0.1) is 0 Å². The van der Waals surface area contributed by atoms with Crippen molar-refractivity contribution in [3.8, 4) is 0 Å². The lowest BCUT2D eigenvalue weighted by atomic mass is 9.83. The summed E-state index contributed by atoms with van der Waals surface area (Å²) in [6, 6.07) is 5.31. The van der Waals surface area contributed by atoms with Crippen molar-refractivity contribution in [3.63, 3.8) is 0 Å². The molecule has 0 aliphatic heterocycles. The Hall–Kier alpha value is -0.410. The summed E-state index contributed by atoms with van der Waals surface area (Å²) in [5.41, 5.74) is 0.868. The van der Waals surface area contributed by atoms with Gasteiger partial charge >= 0.3 is 0 Å². The average molecular weight is 342 g/mol. The minimum absolute atomic E-state index is 0.0559. The van der Waals surface area contributed by atoms with Crippen LogP contribution < -0.4 is 5.32 Å². The zero-order chi connectivity index (χ0) is 14.4. The molecule has 0 spiro atoms. The fraction of sp³-hybridized carbons (Fsp3) is 0.647. The summed E-state index contributed by atoms with van der Waals surface area (Å²) in [5, 5.41) is 3.48. The molecule has 1 aromatic rings. The third-order valence-electron chi connectivity index (χ3n) is 4.46. The predicted molar refractivity (Wildman–Crippen MR) is 86.4 cm³/mol. The fourth-order valence-corrected chi connectivity index (χ4v) is 3.72. The summed E-state index contributed by atoms with van der Waals surface area (Å²) in [5.74, 6) is 1.25. The highest BCUT2D eigenvalue weighted by Crippen LogP contribution is 2.32. The van der Waals surface area contributed by atoms with Crippen molar-refractivity contribution < 1.29 is 4.39 Å². The molecule has 1 aliphatic carbocycles. The Balaban J connectivity index is 2.08. The summed E-state index contributed by atoms with van der Waals surface area (Å²) in [6.45, 7) is 4.25. The lowest BCUT2D eigenvalue weighted by molar-refractivity contribution is 0.297. The standard InChI is InChI=1S/C17H25BrFN/c1-2-20-12-14-7-5-3-4-6-13(14)10-15-11-16(18)8-9-17(15)19/h8-9,11,13-14,20H,2-7,10,12H2,1H3. The first-order valence-electron chi connectivity index (χ1n) is 7.85. The largest absolute Gasteiger partial charge is 0.317 e. The van der Waals surface area contributed by atoms with E-state index in [1.54, 1.807) is 12.1 Å². The molecule has 1 fully saturated rings. The van der Waals surface area contributed by atoms with Gasteiger partial charge < -0.3 is 5.32 Å². The molecule has 0 heterocycles. The molecule has 1 N–H and O–H groups in total. The molecule has 0 bridgehead atoms. The second-order valence-corrected chi connectivity index (χ2v) is 6.82. The highest BCUT2D eigenvalue weighted by atomic mass is 79.9. The Morgan fingerprint density at radius 3 is 2.70 bits per heavy atom. The molecular formula is C17H25BrFN. The van der Waals surface area contributed by atoms with Crippen LogP contribution in [-0.2, 0) is 6.42 Å². The Bertz CT molecular complexity index is 421. The molecule has 20 heavy (non-hydrogen) atoms. The van der Waals surface area contributed by atoms with E-state index >= 15 is 0 Å². The first kappa shape index (κ1) is 16.0. The van der Waals surface area contributed by atoms with Crippen LogP contribution in [0.1, 0.15) is 44.6 Å². The van der Waals surface area contributed by atoms with Crippen LogP contribution in [0.2, 0.25) is 0 Å². The van der Waals surface area contributed by atoms with Crippen LogP contribution in [0.5, 0.6) is 0 Å². The molecule has 1 saturated carbocycles. The Morgan fingerprint density at radius 2 is 1.95 bits per heavy atom. The van der Waals surface area contributed by atoms with Crippen LogP contribution in [0, 0.1) is 17.7 Å². The number of rotatable bonds is 5. The highest BCUT2D eigenvalue weighted by molar-refractivity contribution is 9.10. The van der Waals surface area contributed by atoms with Gasteiger partial charge in [-0.3, -0.25) is 0 Å². The summed E-state index contributed by atoms with van der Waals surface area (Å²) < 4.78 is 14.9. The molecule has 1 aromatic carbocycles. The summed E-state index contributed by atoms with van der Waals surface area (Å²) in [6.07, 6.45) is 7.35. The molecule has 1 nitrogen and oxygen atoms in total. The smallest absolute Gasteiger partial charge is 0.126 e. The lowest BCUT2D eigenvalue weighted by Crippen LogP contribution is -2.29. The topological polar surface area (TPSA) is 12.0 Å². The Kier molecular flexibility index (Phi) is 6.50. The molecular weight excluding hydrogens is 317 g/mol. The molecule has 0 saturated heterocycles. The van der Waals surface area contributed by atoms with E-state index in [2.05, 4.69) is 28.2 Å². The van der Waals surface area contributed by atoms with Crippen LogP contribution in [0.15, 0.2) is 22.7 Å². The number of hydrogen-bond acceptors (Lipinski definition) is 1. The third kappa shape index (κ3) is 4.56. The summed E-state index contributed by atoms with van der Waals surface area (Å²) >= 11 is 3.45. The first-order valence-corrected chi connectivity index (χ1v) is 8.64. The van der Waals surface area contributed by atoms with E-state index in [0.29, 0.717) is 11.8 Å².